The first kappa shape index (κ1) is 29.1. The smallest absolute Gasteiger partial charge is 0.135 e. The third kappa shape index (κ3) is 4.98. The summed E-state index contributed by atoms with van der Waals surface area (Å²) in [5.41, 5.74) is 14.3. The van der Waals surface area contributed by atoms with Gasteiger partial charge in [-0.1, -0.05) is 127 Å². The van der Waals surface area contributed by atoms with Crippen molar-refractivity contribution in [3.8, 4) is 78.6 Å². The Kier molecular flexibility index (Phi) is 6.81. The molecule has 8 aromatic rings. The summed E-state index contributed by atoms with van der Waals surface area (Å²) in [6.45, 7) is 0. The van der Waals surface area contributed by atoms with E-state index in [4.69, 9.17) is 9.47 Å². The molecule has 0 aromatic heterocycles. The van der Waals surface area contributed by atoms with Crippen molar-refractivity contribution in [1.82, 2.24) is 0 Å². The minimum absolute atomic E-state index is 0.847. The summed E-state index contributed by atoms with van der Waals surface area (Å²) in [6.07, 6.45) is 0. The lowest BCUT2D eigenvalue weighted by Crippen LogP contribution is -2.10. The second-order valence-electron chi connectivity index (χ2n) is 12.9. The Labute approximate surface area is 297 Å². The molecule has 8 aromatic carbocycles. The summed E-state index contributed by atoms with van der Waals surface area (Å²) in [5, 5.41) is 0. The topological polar surface area (TPSA) is 21.7 Å². The number of fused-ring (bicyclic) bond motifs is 10. The van der Waals surface area contributed by atoms with Crippen molar-refractivity contribution in [2.45, 2.75) is 0 Å². The van der Waals surface area contributed by atoms with Gasteiger partial charge in [-0.05, 0) is 94.0 Å². The number of ether oxygens (including phenoxy) is 2. The average molecular weight is 654 g/mol. The SMILES string of the molecule is c1ccc(-c2ccc(N(c3ccc4c(c3)-c3ccccc3Oc3ccccc3-4)c3ccc4c(c3)-c3ccccc3Oc3ccccc3-4)cc2)cc1. The second kappa shape index (κ2) is 11.9. The molecule has 240 valence electrons. The van der Waals surface area contributed by atoms with Gasteiger partial charge in [-0.15, -0.1) is 0 Å². The summed E-state index contributed by atoms with van der Waals surface area (Å²) in [7, 11) is 0. The lowest BCUT2D eigenvalue weighted by molar-refractivity contribution is 0.487. The van der Waals surface area contributed by atoms with Crippen molar-refractivity contribution < 1.29 is 9.47 Å². The van der Waals surface area contributed by atoms with E-state index in [9.17, 15) is 0 Å². The minimum atomic E-state index is 0.847. The quantitative estimate of drug-likeness (QED) is 0.189. The van der Waals surface area contributed by atoms with Gasteiger partial charge in [0.1, 0.15) is 23.0 Å². The van der Waals surface area contributed by atoms with E-state index in [0.717, 1.165) is 84.6 Å². The highest BCUT2D eigenvalue weighted by molar-refractivity contribution is 5.96. The molecule has 0 saturated carbocycles. The molecule has 0 fully saturated rings. The third-order valence-corrected chi connectivity index (χ3v) is 9.90. The van der Waals surface area contributed by atoms with Crippen LogP contribution in [0.15, 0.2) is 188 Å². The van der Waals surface area contributed by atoms with Crippen molar-refractivity contribution >= 4 is 17.1 Å². The molecule has 2 heterocycles. The van der Waals surface area contributed by atoms with Crippen molar-refractivity contribution in [2.24, 2.45) is 0 Å². The van der Waals surface area contributed by atoms with E-state index in [-0.39, 0.29) is 0 Å². The molecule has 0 amide bonds. The van der Waals surface area contributed by atoms with Crippen molar-refractivity contribution in [3.05, 3.63) is 188 Å². The summed E-state index contributed by atoms with van der Waals surface area (Å²) in [6, 6.07) is 66.2. The minimum Gasteiger partial charge on any atom is -0.456 e. The van der Waals surface area contributed by atoms with E-state index in [1.54, 1.807) is 0 Å². The maximum Gasteiger partial charge on any atom is 0.135 e. The Hall–Kier alpha value is -6.84. The Morgan fingerprint density at radius 3 is 1.06 bits per heavy atom. The van der Waals surface area contributed by atoms with Crippen LogP contribution in [-0.2, 0) is 0 Å². The fourth-order valence-corrected chi connectivity index (χ4v) is 7.49. The van der Waals surface area contributed by atoms with Crippen LogP contribution in [0.3, 0.4) is 0 Å². The van der Waals surface area contributed by atoms with Gasteiger partial charge in [0.15, 0.2) is 0 Å². The predicted molar refractivity (Wildman–Crippen MR) is 208 cm³/mol. The van der Waals surface area contributed by atoms with E-state index in [0.29, 0.717) is 0 Å². The molecule has 0 N–H and O–H groups in total. The summed E-state index contributed by atoms with van der Waals surface area (Å²) < 4.78 is 13.0. The molecule has 0 saturated heterocycles. The van der Waals surface area contributed by atoms with Crippen LogP contribution in [0.5, 0.6) is 23.0 Å². The number of para-hydroxylation sites is 4. The summed E-state index contributed by atoms with van der Waals surface area (Å²) in [4.78, 5) is 2.36. The molecule has 3 nitrogen and oxygen atoms in total. The third-order valence-electron chi connectivity index (χ3n) is 9.90. The highest BCUT2D eigenvalue weighted by Gasteiger charge is 2.25. The van der Waals surface area contributed by atoms with Gasteiger partial charge in [-0.2, -0.15) is 0 Å². The monoisotopic (exact) mass is 653 g/mol. The Morgan fingerprint density at radius 1 is 0.255 bits per heavy atom. The van der Waals surface area contributed by atoms with Gasteiger partial charge in [0.2, 0.25) is 0 Å². The lowest BCUT2D eigenvalue weighted by Gasteiger charge is -2.28. The van der Waals surface area contributed by atoms with Crippen LogP contribution in [-0.4, -0.2) is 0 Å². The molecule has 0 aliphatic carbocycles. The first-order chi connectivity index (χ1) is 25.3. The molecule has 51 heavy (non-hydrogen) atoms. The van der Waals surface area contributed by atoms with E-state index < -0.39 is 0 Å². The maximum atomic E-state index is 6.52. The molecule has 3 heteroatoms. The van der Waals surface area contributed by atoms with E-state index >= 15 is 0 Å². The number of hydrogen-bond donors (Lipinski definition) is 0. The van der Waals surface area contributed by atoms with Gasteiger partial charge in [0.25, 0.3) is 0 Å². The molecule has 0 radical (unpaired) electrons. The van der Waals surface area contributed by atoms with Crippen molar-refractivity contribution in [2.75, 3.05) is 4.90 Å². The molecule has 0 spiro atoms. The largest absolute Gasteiger partial charge is 0.456 e. The Bertz CT molecular complexity index is 2450. The van der Waals surface area contributed by atoms with Gasteiger partial charge in [-0.3, -0.25) is 0 Å². The molecule has 0 unspecified atom stereocenters. The Balaban J connectivity index is 1.20. The van der Waals surface area contributed by atoms with E-state index in [2.05, 4.69) is 157 Å². The van der Waals surface area contributed by atoms with Gasteiger partial charge in [0, 0.05) is 39.3 Å². The zero-order valence-corrected chi connectivity index (χ0v) is 27.7. The van der Waals surface area contributed by atoms with Crippen LogP contribution in [0.2, 0.25) is 0 Å². The van der Waals surface area contributed by atoms with Crippen LogP contribution in [0.1, 0.15) is 0 Å². The van der Waals surface area contributed by atoms with Crippen molar-refractivity contribution in [3.63, 3.8) is 0 Å². The zero-order chi connectivity index (χ0) is 33.7. The number of benzene rings is 8. The number of nitrogens with zero attached hydrogens (tertiary/aromatic N) is 1. The molecule has 0 bridgehead atoms. The summed E-state index contributed by atoms with van der Waals surface area (Å²) >= 11 is 0. The van der Waals surface area contributed by atoms with Crippen LogP contribution in [0, 0.1) is 0 Å². The second-order valence-corrected chi connectivity index (χ2v) is 12.9. The van der Waals surface area contributed by atoms with E-state index in [1.807, 2.05) is 36.4 Å². The Morgan fingerprint density at radius 2 is 0.608 bits per heavy atom. The molecule has 0 atom stereocenters. The molecular weight excluding hydrogens is 623 g/mol. The van der Waals surface area contributed by atoms with Gasteiger partial charge in [0.05, 0.1) is 0 Å². The number of hydrogen-bond acceptors (Lipinski definition) is 3. The molecule has 2 aliphatic rings. The van der Waals surface area contributed by atoms with Crippen LogP contribution in [0.4, 0.5) is 17.1 Å². The lowest BCUT2D eigenvalue weighted by atomic mass is 9.92. The molecular formula is C48H31NO2. The summed E-state index contributed by atoms with van der Waals surface area (Å²) in [5.74, 6) is 3.41. The fourth-order valence-electron chi connectivity index (χ4n) is 7.49. The normalized spacial score (nSPS) is 11.8. The van der Waals surface area contributed by atoms with Gasteiger partial charge in [-0.25, -0.2) is 0 Å². The first-order valence-electron chi connectivity index (χ1n) is 17.3. The van der Waals surface area contributed by atoms with Crippen molar-refractivity contribution in [1.29, 1.82) is 0 Å². The van der Waals surface area contributed by atoms with Crippen LogP contribution >= 0.6 is 0 Å². The standard InChI is InChI=1S/C48H31NO2/c1-2-12-32(13-3-1)33-22-24-34(25-23-33)49(35-26-28-37-39-14-4-8-18-45(39)50-47-20-10-6-16-41(47)43(37)30-35)36-27-29-38-40-15-5-9-19-46(40)51-48-21-11-7-17-42(48)44(38)31-36/h1-31H. The van der Waals surface area contributed by atoms with Gasteiger partial charge >= 0.3 is 0 Å². The van der Waals surface area contributed by atoms with Crippen LogP contribution in [0.25, 0.3) is 55.6 Å². The maximum absolute atomic E-state index is 6.52. The van der Waals surface area contributed by atoms with Gasteiger partial charge < -0.3 is 14.4 Å². The molecule has 2 aliphatic heterocycles. The number of anilines is 3. The zero-order valence-electron chi connectivity index (χ0n) is 27.7. The predicted octanol–water partition coefficient (Wildman–Crippen LogP) is 13.7. The van der Waals surface area contributed by atoms with E-state index in [1.165, 1.54) is 11.1 Å². The fraction of sp³-hybridized carbons (Fsp3) is 0. The average Bonchev–Trinajstić information content (AvgIpc) is 3.43. The molecule has 10 rings (SSSR count). The highest BCUT2D eigenvalue weighted by atomic mass is 16.5. The highest BCUT2D eigenvalue weighted by Crippen LogP contribution is 2.51. The van der Waals surface area contributed by atoms with Crippen LogP contribution < -0.4 is 14.4 Å². The first-order valence-corrected chi connectivity index (χ1v) is 17.3. The number of rotatable bonds is 4.